The van der Waals surface area contributed by atoms with Crippen LogP contribution in [-0.4, -0.2) is 16.5 Å². The molecule has 7 nitrogen and oxygen atoms in total. The zero-order chi connectivity index (χ0) is 12.6. The SMILES string of the molecule is [O-][Cl+3]([O-])([O-])OC1OC=C2C(O)=CC=CC(O)=C21. The van der Waals surface area contributed by atoms with E-state index in [9.17, 15) is 24.2 Å². The maximum Gasteiger partial charge on any atom is 0.382 e. The topological polar surface area (TPSA) is 128 Å². The molecule has 0 amide bonds. The Kier molecular flexibility index (Phi) is 2.86. The third-order valence-corrected chi connectivity index (χ3v) is 2.47. The van der Waals surface area contributed by atoms with E-state index in [1.54, 1.807) is 0 Å². The standard InChI is InChI=1S/C9H7ClO7/c11-6-2-1-3-7(12)8-5(6)4-16-9(8)17-10(13,14)15/h1-4,9,11-12H. The summed E-state index contributed by atoms with van der Waals surface area (Å²) in [6.45, 7) is 0. The summed E-state index contributed by atoms with van der Waals surface area (Å²) in [4.78, 5) is 0. The van der Waals surface area contributed by atoms with Gasteiger partial charge in [0, 0.05) is 0 Å². The van der Waals surface area contributed by atoms with E-state index in [4.69, 9.17) is 4.74 Å². The summed E-state index contributed by atoms with van der Waals surface area (Å²) in [5, 5.41) is 19.1. The lowest BCUT2D eigenvalue weighted by atomic mass is 10.1. The second-order valence-electron chi connectivity index (χ2n) is 3.18. The molecule has 2 aliphatic rings. The number of fused-ring (bicyclic) bond motifs is 1. The summed E-state index contributed by atoms with van der Waals surface area (Å²) >= 11 is 0. The average Bonchev–Trinajstić information content (AvgIpc) is 2.52. The minimum absolute atomic E-state index is 0.0522. The Morgan fingerprint density at radius 1 is 1.29 bits per heavy atom. The van der Waals surface area contributed by atoms with Crippen molar-refractivity contribution >= 4 is 0 Å². The van der Waals surface area contributed by atoms with Gasteiger partial charge in [-0.3, -0.25) is 0 Å². The normalized spacial score (nSPS) is 23.8. The number of ether oxygens (including phenoxy) is 1. The predicted octanol–water partition coefficient (Wildman–Crippen LogP) is -2.04. The van der Waals surface area contributed by atoms with Gasteiger partial charge in [0.15, 0.2) is 0 Å². The van der Waals surface area contributed by atoms with Gasteiger partial charge >= 0.3 is 6.29 Å². The van der Waals surface area contributed by atoms with E-state index in [1.807, 2.05) is 0 Å². The summed E-state index contributed by atoms with van der Waals surface area (Å²) in [6, 6.07) is 0. The molecule has 0 aromatic carbocycles. The highest BCUT2D eigenvalue weighted by Gasteiger charge is 2.42. The predicted molar refractivity (Wildman–Crippen MR) is 43.5 cm³/mol. The molecule has 0 radical (unpaired) electrons. The third-order valence-electron chi connectivity index (χ3n) is 2.09. The van der Waals surface area contributed by atoms with Gasteiger partial charge in [0.25, 0.3) is 0 Å². The van der Waals surface area contributed by atoms with Gasteiger partial charge in [-0.25, -0.2) is 0 Å². The highest BCUT2D eigenvalue weighted by molar-refractivity contribution is 5.52. The molecular formula is C9H7ClO7. The number of aliphatic hydroxyl groups is 2. The molecule has 0 saturated heterocycles. The lowest BCUT2D eigenvalue weighted by molar-refractivity contribution is -1.92. The fraction of sp³-hybridized carbons (Fsp3) is 0.111. The van der Waals surface area contributed by atoms with Crippen molar-refractivity contribution in [1.82, 2.24) is 0 Å². The van der Waals surface area contributed by atoms with E-state index < -0.39 is 16.5 Å². The molecule has 1 atom stereocenters. The van der Waals surface area contributed by atoms with Crippen LogP contribution in [0.4, 0.5) is 0 Å². The van der Waals surface area contributed by atoms with Crippen LogP contribution in [0.2, 0.25) is 0 Å². The number of hydrogen-bond donors (Lipinski definition) is 2. The van der Waals surface area contributed by atoms with Crippen LogP contribution in [0.15, 0.2) is 47.2 Å². The Hall–Kier alpha value is -1.51. The zero-order valence-corrected chi connectivity index (χ0v) is 8.96. The molecule has 0 aromatic heterocycles. The largest absolute Gasteiger partial charge is 0.507 e. The highest BCUT2D eigenvalue weighted by atomic mass is 35.7. The second kappa shape index (κ2) is 4.06. The van der Waals surface area contributed by atoms with Gasteiger partial charge in [-0.05, 0) is 12.2 Å². The molecule has 17 heavy (non-hydrogen) atoms. The van der Waals surface area contributed by atoms with E-state index >= 15 is 0 Å². The molecule has 0 bridgehead atoms. The molecule has 0 saturated carbocycles. The smallest absolute Gasteiger partial charge is 0.382 e. The molecule has 2 rings (SSSR count). The van der Waals surface area contributed by atoms with Crippen molar-refractivity contribution in [2.75, 3.05) is 0 Å². The van der Waals surface area contributed by atoms with E-state index in [1.165, 1.54) is 18.2 Å². The number of hydrogen-bond acceptors (Lipinski definition) is 7. The first kappa shape index (κ1) is 12.0. The minimum Gasteiger partial charge on any atom is -0.507 e. The van der Waals surface area contributed by atoms with Crippen LogP contribution in [0.3, 0.4) is 0 Å². The van der Waals surface area contributed by atoms with Crippen LogP contribution in [0.25, 0.3) is 0 Å². The van der Waals surface area contributed by atoms with Crippen LogP contribution < -0.4 is 14.0 Å². The van der Waals surface area contributed by atoms with E-state index in [0.29, 0.717) is 0 Å². The number of aliphatic hydroxyl groups excluding tert-OH is 2. The van der Waals surface area contributed by atoms with E-state index in [-0.39, 0.29) is 22.7 Å². The molecule has 0 aromatic rings. The summed E-state index contributed by atoms with van der Waals surface area (Å²) in [7, 11) is -4.71. The van der Waals surface area contributed by atoms with Crippen molar-refractivity contribution in [3.8, 4) is 0 Å². The molecule has 8 heteroatoms. The Morgan fingerprint density at radius 3 is 2.65 bits per heavy atom. The maximum atomic E-state index is 10.4. The molecule has 0 fully saturated rings. The number of halogens is 1. The van der Waals surface area contributed by atoms with Gasteiger partial charge in [0.1, 0.15) is 15.8 Å². The Labute approximate surface area is 97.5 Å². The van der Waals surface area contributed by atoms with Gasteiger partial charge in [0.05, 0.1) is 27.7 Å². The van der Waals surface area contributed by atoms with Crippen molar-refractivity contribution in [1.29, 1.82) is 0 Å². The summed E-state index contributed by atoms with van der Waals surface area (Å²) in [5.74, 6) is -0.607. The molecule has 1 unspecified atom stereocenters. The fourth-order valence-corrected chi connectivity index (χ4v) is 1.75. The summed E-state index contributed by atoms with van der Waals surface area (Å²) < 4.78 is 40.1. The summed E-state index contributed by atoms with van der Waals surface area (Å²) in [5.41, 5.74) is -0.0734. The first-order valence-corrected chi connectivity index (χ1v) is 5.58. The summed E-state index contributed by atoms with van der Waals surface area (Å²) in [6.07, 6.45) is 3.20. The van der Waals surface area contributed by atoms with Crippen LogP contribution in [0.5, 0.6) is 0 Å². The van der Waals surface area contributed by atoms with Crippen molar-refractivity contribution < 1.29 is 43.5 Å². The van der Waals surface area contributed by atoms with Gasteiger partial charge in [-0.1, -0.05) is 6.08 Å². The molecule has 1 aliphatic carbocycles. The van der Waals surface area contributed by atoms with Crippen LogP contribution in [-0.2, 0) is 9.03 Å². The maximum absolute atomic E-state index is 10.4. The monoisotopic (exact) mass is 262 g/mol. The quantitative estimate of drug-likeness (QED) is 0.587. The molecule has 1 aliphatic heterocycles. The molecule has 2 N–H and O–H groups in total. The van der Waals surface area contributed by atoms with Crippen molar-refractivity contribution in [3.05, 3.63) is 47.2 Å². The minimum atomic E-state index is -4.71. The van der Waals surface area contributed by atoms with Crippen LogP contribution in [0, 0.1) is 10.2 Å². The molecule has 0 spiro atoms. The van der Waals surface area contributed by atoms with Gasteiger partial charge in [-0.2, -0.15) is 14.0 Å². The Balaban J connectivity index is 2.34. The van der Waals surface area contributed by atoms with Crippen molar-refractivity contribution in [3.63, 3.8) is 0 Å². The van der Waals surface area contributed by atoms with Gasteiger partial charge < -0.3 is 14.9 Å². The lowest BCUT2D eigenvalue weighted by Gasteiger charge is -2.16. The first-order valence-electron chi connectivity index (χ1n) is 4.34. The van der Waals surface area contributed by atoms with Crippen LogP contribution >= 0.6 is 0 Å². The van der Waals surface area contributed by atoms with Gasteiger partial charge in [0.2, 0.25) is 0 Å². The first-order chi connectivity index (χ1) is 7.88. The lowest BCUT2D eigenvalue weighted by Crippen LogP contribution is -2.62. The highest BCUT2D eigenvalue weighted by Crippen LogP contribution is 2.34. The third kappa shape index (κ3) is 2.43. The second-order valence-corrected chi connectivity index (χ2v) is 4.11. The zero-order valence-electron chi connectivity index (χ0n) is 8.20. The van der Waals surface area contributed by atoms with E-state index in [0.717, 1.165) is 6.26 Å². The Morgan fingerprint density at radius 2 is 2.00 bits per heavy atom. The average molecular weight is 263 g/mol. The number of allylic oxidation sites excluding steroid dienone is 4. The van der Waals surface area contributed by atoms with Crippen molar-refractivity contribution in [2.24, 2.45) is 0 Å². The molecule has 1 heterocycles. The fourth-order valence-electron chi connectivity index (χ4n) is 1.42. The van der Waals surface area contributed by atoms with Gasteiger partial charge in [-0.15, -0.1) is 0 Å². The van der Waals surface area contributed by atoms with E-state index in [2.05, 4.69) is 4.29 Å². The molecular weight excluding hydrogens is 256 g/mol. The number of rotatable bonds is 2. The van der Waals surface area contributed by atoms with Crippen molar-refractivity contribution in [2.45, 2.75) is 6.29 Å². The Bertz CT molecular complexity index is 454. The van der Waals surface area contributed by atoms with Crippen LogP contribution in [0.1, 0.15) is 0 Å². The molecule has 92 valence electrons.